The summed E-state index contributed by atoms with van der Waals surface area (Å²) in [5, 5.41) is 19.5. The summed E-state index contributed by atoms with van der Waals surface area (Å²) in [6, 6.07) is 14.6. The Hall–Kier alpha value is -2.40. The molecule has 0 bridgehead atoms. The Bertz CT molecular complexity index is 664. The number of nitrogens with zero attached hydrogens (tertiary/aromatic N) is 2. The summed E-state index contributed by atoms with van der Waals surface area (Å²) in [6.45, 7) is 0. The third-order valence-electron chi connectivity index (χ3n) is 2.75. The molecule has 0 fully saturated rings. The van der Waals surface area contributed by atoms with Crippen LogP contribution in [0.25, 0.3) is 21.1 Å². The first-order valence-electron chi connectivity index (χ1n) is 5.72. The number of nitrogens with two attached hydrogens (primary N) is 1. The summed E-state index contributed by atoms with van der Waals surface area (Å²) in [4.78, 5) is 0. The van der Waals surface area contributed by atoms with Crippen LogP contribution >= 0.6 is 11.3 Å². The largest absolute Gasteiger partial charge is 0.507 e. The molecule has 3 N–H and O–H groups in total. The van der Waals surface area contributed by atoms with E-state index in [0.29, 0.717) is 16.3 Å². The van der Waals surface area contributed by atoms with Gasteiger partial charge in [-0.05, 0) is 24.3 Å². The molecule has 0 aliphatic carbocycles. The van der Waals surface area contributed by atoms with E-state index in [1.807, 2.05) is 36.4 Å². The third kappa shape index (κ3) is 2.15. The van der Waals surface area contributed by atoms with Gasteiger partial charge in [-0.3, -0.25) is 0 Å². The number of phenols is 1. The van der Waals surface area contributed by atoms with Crippen molar-refractivity contribution in [2.45, 2.75) is 0 Å². The number of nitrogen functional groups attached to an aromatic ring is 1. The van der Waals surface area contributed by atoms with E-state index in [4.69, 9.17) is 5.73 Å². The van der Waals surface area contributed by atoms with Crippen molar-refractivity contribution in [3.63, 3.8) is 0 Å². The summed E-state index contributed by atoms with van der Waals surface area (Å²) in [5.74, 6) is 0.200. The van der Waals surface area contributed by atoms with E-state index in [-0.39, 0.29) is 5.75 Å². The van der Waals surface area contributed by atoms with E-state index in [1.54, 1.807) is 12.1 Å². The fourth-order valence-electron chi connectivity index (χ4n) is 1.79. The summed E-state index contributed by atoms with van der Waals surface area (Å²) >= 11 is 1.41. The van der Waals surface area contributed by atoms with Crippen molar-refractivity contribution in [3.05, 3.63) is 48.5 Å². The van der Waals surface area contributed by atoms with Gasteiger partial charge in [0.25, 0.3) is 0 Å². The molecule has 0 radical (unpaired) electrons. The van der Waals surface area contributed by atoms with Crippen LogP contribution in [0.15, 0.2) is 48.5 Å². The fourth-order valence-corrected chi connectivity index (χ4v) is 2.71. The van der Waals surface area contributed by atoms with Gasteiger partial charge in [-0.2, -0.15) is 0 Å². The van der Waals surface area contributed by atoms with Crippen LogP contribution in [0, 0.1) is 0 Å². The second-order valence-electron chi connectivity index (χ2n) is 4.02. The molecule has 1 aromatic heterocycles. The monoisotopic (exact) mass is 269 g/mol. The highest BCUT2D eigenvalue weighted by Crippen LogP contribution is 2.35. The number of anilines is 1. The maximum Gasteiger partial charge on any atom is 0.151 e. The van der Waals surface area contributed by atoms with Gasteiger partial charge in [0, 0.05) is 11.3 Å². The molecule has 5 heteroatoms. The molecule has 0 saturated heterocycles. The van der Waals surface area contributed by atoms with Gasteiger partial charge in [-0.25, -0.2) is 0 Å². The second kappa shape index (κ2) is 4.70. The van der Waals surface area contributed by atoms with Crippen LogP contribution in [0.5, 0.6) is 5.75 Å². The molecular weight excluding hydrogens is 258 g/mol. The number of aromatic hydroxyl groups is 1. The van der Waals surface area contributed by atoms with Crippen LogP contribution in [0.4, 0.5) is 5.69 Å². The minimum Gasteiger partial charge on any atom is -0.507 e. The van der Waals surface area contributed by atoms with Crippen LogP contribution in [-0.2, 0) is 0 Å². The highest BCUT2D eigenvalue weighted by atomic mass is 32.1. The summed E-state index contributed by atoms with van der Waals surface area (Å²) in [6.07, 6.45) is 0. The number of hydrogen-bond acceptors (Lipinski definition) is 5. The molecule has 0 unspecified atom stereocenters. The fraction of sp³-hybridized carbons (Fsp3) is 0. The van der Waals surface area contributed by atoms with Crippen molar-refractivity contribution in [1.82, 2.24) is 10.2 Å². The lowest BCUT2D eigenvalue weighted by atomic mass is 10.2. The van der Waals surface area contributed by atoms with Gasteiger partial charge >= 0.3 is 0 Å². The smallest absolute Gasteiger partial charge is 0.151 e. The van der Waals surface area contributed by atoms with Crippen molar-refractivity contribution in [3.8, 4) is 26.9 Å². The van der Waals surface area contributed by atoms with Crippen molar-refractivity contribution in [2.24, 2.45) is 0 Å². The van der Waals surface area contributed by atoms with Crippen molar-refractivity contribution >= 4 is 17.0 Å². The summed E-state index contributed by atoms with van der Waals surface area (Å²) in [5.41, 5.74) is 8.13. The normalized spacial score (nSPS) is 10.5. The molecule has 0 aliphatic heterocycles. The van der Waals surface area contributed by atoms with Crippen LogP contribution in [0.1, 0.15) is 0 Å². The second-order valence-corrected chi connectivity index (χ2v) is 4.99. The number of para-hydroxylation sites is 2. The molecule has 0 spiro atoms. The third-order valence-corrected chi connectivity index (χ3v) is 3.74. The summed E-state index contributed by atoms with van der Waals surface area (Å²) in [7, 11) is 0. The first-order valence-corrected chi connectivity index (χ1v) is 6.54. The molecule has 3 rings (SSSR count). The van der Waals surface area contributed by atoms with Gasteiger partial charge in [0.15, 0.2) is 5.01 Å². The molecule has 2 aromatic carbocycles. The molecule has 0 atom stereocenters. The van der Waals surface area contributed by atoms with E-state index >= 15 is 0 Å². The number of hydrogen-bond donors (Lipinski definition) is 2. The predicted octanol–water partition coefficient (Wildman–Crippen LogP) is 3.16. The topological polar surface area (TPSA) is 72.0 Å². The number of rotatable bonds is 2. The summed E-state index contributed by atoms with van der Waals surface area (Å²) < 4.78 is 0. The van der Waals surface area contributed by atoms with Crippen LogP contribution < -0.4 is 5.73 Å². The molecule has 0 amide bonds. The Morgan fingerprint density at radius 3 is 2.11 bits per heavy atom. The maximum atomic E-state index is 9.81. The first-order chi connectivity index (χ1) is 9.25. The van der Waals surface area contributed by atoms with E-state index < -0.39 is 0 Å². The Morgan fingerprint density at radius 2 is 1.42 bits per heavy atom. The van der Waals surface area contributed by atoms with Crippen LogP contribution in [-0.4, -0.2) is 15.3 Å². The van der Waals surface area contributed by atoms with Gasteiger partial charge in [0.05, 0.1) is 5.56 Å². The molecule has 4 nitrogen and oxygen atoms in total. The molecule has 1 heterocycles. The zero-order chi connectivity index (χ0) is 13.2. The minimum absolute atomic E-state index is 0.200. The van der Waals surface area contributed by atoms with E-state index in [2.05, 4.69) is 10.2 Å². The van der Waals surface area contributed by atoms with Gasteiger partial charge < -0.3 is 10.8 Å². The predicted molar refractivity (Wildman–Crippen MR) is 76.9 cm³/mol. The number of benzene rings is 2. The SMILES string of the molecule is Nc1ccccc1-c1nnc(-c2ccccc2O)s1. The lowest BCUT2D eigenvalue weighted by molar-refractivity contribution is 0.477. The van der Waals surface area contributed by atoms with Crippen LogP contribution in [0.3, 0.4) is 0 Å². The Balaban J connectivity index is 2.06. The molecule has 3 aromatic rings. The van der Waals surface area contributed by atoms with Gasteiger partial charge in [-0.1, -0.05) is 35.6 Å². The zero-order valence-corrected chi connectivity index (χ0v) is 10.8. The standard InChI is InChI=1S/C14H11N3OS/c15-11-7-3-1-5-9(11)13-16-17-14(19-13)10-6-2-4-8-12(10)18/h1-8,18H,15H2. The molecule has 19 heavy (non-hydrogen) atoms. The molecule has 0 saturated carbocycles. The molecule has 0 aliphatic rings. The Kier molecular flexibility index (Phi) is 2.89. The average molecular weight is 269 g/mol. The molecular formula is C14H11N3OS. The lowest BCUT2D eigenvalue weighted by Gasteiger charge is -1.99. The minimum atomic E-state index is 0.200. The number of phenolic OH excluding ortho intramolecular Hbond substituents is 1. The average Bonchev–Trinajstić information content (AvgIpc) is 2.89. The van der Waals surface area contributed by atoms with Gasteiger partial charge in [-0.15, -0.1) is 10.2 Å². The van der Waals surface area contributed by atoms with E-state index in [1.165, 1.54) is 11.3 Å². The van der Waals surface area contributed by atoms with E-state index in [9.17, 15) is 5.11 Å². The van der Waals surface area contributed by atoms with Crippen LogP contribution in [0.2, 0.25) is 0 Å². The maximum absolute atomic E-state index is 9.81. The first kappa shape index (κ1) is 11.7. The Labute approximate surface area is 114 Å². The lowest BCUT2D eigenvalue weighted by Crippen LogP contribution is -1.88. The Morgan fingerprint density at radius 1 is 0.842 bits per heavy atom. The van der Waals surface area contributed by atoms with Crippen molar-refractivity contribution in [2.75, 3.05) is 5.73 Å². The van der Waals surface area contributed by atoms with Crippen molar-refractivity contribution in [1.29, 1.82) is 0 Å². The highest BCUT2D eigenvalue weighted by Gasteiger charge is 2.12. The van der Waals surface area contributed by atoms with E-state index in [0.717, 1.165) is 10.6 Å². The quantitative estimate of drug-likeness (QED) is 0.701. The van der Waals surface area contributed by atoms with Gasteiger partial charge in [0.2, 0.25) is 0 Å². The highest BCUT2D eigenvalue weighted by molar-refractivity contribution is 7.18. The number of aromatic nitrogens is 2. The molecule has 94 valence electrons. The van der Waals surface area contributed by atoms with Crippen molar-refractivity contribution < 1.29 is 5.11 Å². The van der Waals surface area contributed by atoms with Gasteiger partial charge in [0.1, 0.15) is 10.8 Å². The zero-order valence-electron chi connectivity index (χ0n) is 9.95.